The van der Waals surface area contributed by atoms with Gasteiger partial charge in [0.15, 0.2) is 0 Å². The first-order chi connectivity index (χ1) is 24.0. The molecule has 0 bridgehead atoms. The second-order valence-electron chi connectivity index (χ2n) is 12.2. The van der Waals surface area contributed by atoms with Crippen LogP contribution in [-0.2, 0) is 62.2 Å². The summed E-state index contributed by atoms with van der Waals surface area (Å²) >= 11 is 0. The molecule has 2 amide bonds. The van der Waals surface area contributed by atoms with Crippen molar-refractivity contribution >= 4 is 17.8 Å². The van der Waals surface area contributed by atoms with Crippen molar-refractivity contribution in [2.45, 2.75) is 64.7 Å². The van der Waals surface area contributed by atoms with Crippen molar-refractivity contribution in [2.75, 3.05) is 79.2 Å². The summed E-state index contributed by atoms with van der Waals surface area (Å²) in [6.45, 7) is 7.74. The summed E-state index contributed by atoms with van der Waals surface area (Å²) in [7, 11) is 0. The second-order valence-corrected chi connectivity index (χ2v) is 12.2. The van der Waals surface area contributed by atoms with Crippen LogP contribution in [0.4, 0.5) is 0 Å². The van der Waals surface area contributed by atoms with Crippen molar-refractivity contribution in [3.63, 3.8) is 0 Å². The molecule has 0 radical (unpaired) electrons. The van der Waals surface area contributed by atoms with Crippen molar-refractivity contribution < 1.29 is 42.9 Å². The Morgan fingerprint density at radius 2 is 1.18 bits per heavy atom. The Kier molecular flexibility index (Phi) is 20.9. The summed E-state index contributed by atoms with van der Waals surface area (Å²) in [5, 5.41) is 0. The normalized spacial score (nSPS) is 13.4. The molecule has 2 aromatic rings. The van der Waals surface area contributed by atoms with E-state index in [4.69, 9.17) is 28.5 Å². The zero-order chi connectivity index (χ0) is 34.8. The van der Waals surface area contributed by atoms with Gasteiger partial charge >= 0.3 is 5.97 Å². The monoisotopic (exact) mass is 684 g/mol. The first-order valence-corrected chi connectivity index (χ1v) is 17.8. The minimum absolute atomic E-state index is 0.00457. The quantitative estimate of drug-likeness (QED) is 0.119. The number of likely N-dealkylation sites (tertiary alicyclic amines) is 1. The molecule has 1 heterocycles. The Labute approximate surface area is 291 Å². The molecule has 0 aromatic heterocycles. The molecule has 49 heavy (non-hydrogen) atoms. The van der Waals surface area contributed by atoms with Crippen molar-refractivity contribution in [1.29, 1.82) is 0 Å². The van der Waals surface area contributed by atoms with Gasteiger partial charge in [-0.25, -0.2) is 4.79 Å². The third-order valence-electron chi connectivity index (χ3n) is 8.17. The molecule has 0 aliphatic carbocycles. The summed E-state index contributed by atoms with van der Waals surface area (Å²) in [5.74, 6) is -0.823. The predicted molar refractivity (Wildman–Crippen MR) is 186 cm³/mol. The molecule has 2 aromatic carbocycles. The lowest BCUT2D eigenvalue weighted by atomic mass is 9.93. The van der Waals surface area contributed by atoms with E-state index in [1.807, 2.05) is 18.2 Å². The fraction of sp³-hybridized carbons (Fsp3) is 0.605. The van der Waals surface area contributed by atoms with E-state index in [9.17, 15) is 14.4 Å². The smallest absolute Gasteiger partial charge is 0.332 e. The molecule has 1 saturated heterocycles. The Balaban J connectivity index is 1.13. The fourth-order valence-corrected chi connectivity index (χ4v) is 5.40. The SMILES string of the molecule is CCCOCCOCCOCCOCCOCC(=O)N1CCC(CC(=O)ONC(=O)Cc2ccc(CCCCc3ccccc3)cc2)CC1. The van der Waals surface area contributed by atoms with E-state index in [1.165, 1.54) is 11.1 Å². The molecule has 1 N–H and O–H groups in total. The largest absolute Gasteiger partial charge is 0.379 e. The van der Waals surface area contributed by atoms with E-state index in [-0.39, 0.29) is 37.2 Å². The number of ether oxygens (including phenoxy) is 5. The van der Waals surface area contributed by atoms with Crippen LogP contribution in [0.15, 0.2) is 54.6 Å². The van der Waals surface area contributed by atoms with Crippen molar-refractivity contribution in [3.8, 4) is 0 Å². The van der Waals surface area contributed by atoms with E-state index in [2.05, 4.69) is 48.8 Å². The number of nitrogens with zero attached hydrogens (tertiary/aromatic N) is 1. The number of aryl methyl sites for hydroxylation is 2. The molecular weight excluding hydrogens is 628 g/mol. The Hall–Kier alpha value is -3.35. The summed E-state index contributed by atoms with van der Waals surface area (Å²) in [5.41, 5.74) is 5.76. The Bertz CT molecular complexity index is 1170. The van der Waals surface area contributed by atoms with Gasteiger partial charge in [-0.1, -0.05) is 61.5 Å². The van der Waals surface area contributed by atoms with E-state index in [0.29, 0.717) is 78.8 Å². The molecule has 0 spiro atoms. The van der Waals surface area contributed by atoms with Crippen LogP contribution in [0.1, 0.15) is 62.1 Å². The molecular formula is C38H56N2O9. The van der Waals surface area contributed by atoms with E-state index in [0.717, 1.165) is 44.3 Å². The zero-order valence-corrected chi connectivity index (χ0v) is 29.2. The summed E-state index contributed by atoms with van der Waals surface area (Å²) < 4.78 is 27.1. The molecule has 0 saturated carbocycles. The lowest BCUT2D eigenvalue weighted by Gasteiger charge is -2.31. The average Bonchev–Trinajstić information content (AvgIpc) is 3.12. The van der Waals surface area contributed by atoms with Gasteiger partial charge in [0.2, 0.25) is 5.91 Å². The number of unbranched alkanes of at least 4 members (excludes halogenated alkanes) is 1. The average molecular weight is 685 g/mol. The first-order valence-electron chi connectivity index (χ1n) is 17.8. The molecule has 1 fully saturated rings. The molecule has 1 aliphatic heterocycles. The fourth-order valence-electron chi connectivity index (χ4n) is 5.40. The van der Waals surface area contributed by atoms with Crippen LogP contribution in [0.2, 0.25) is 0 Å². The van der Waals surface area contributed by atoms with Gasteiger partial charge < -0.3 is 33.4 Å². The molecule has 1 aliphatic rings. The van der Waals surface area contributed by atoms with Crippen LogP contribution in [0.5, 0.6) is 0 Å². The van der Waals surface area contributed by atoms with Gasteiger partial charge in [0.25, 0.3) is 5.91 Å². The molecule has 3 rings (SSSR count). The molecule has 11 heteroatoms. The summed E-state index contributed by atoms with van der Waals surface area (Å²) in [4.78, 5) is 44.0. The maximum absolute atomic E-state index is 12.5. The summed E-state index contributed by atoms with van der Waals surface area (Å²) in [6.07, 6.45) is 7.03. The highest BCUT2D eigenvalue weighted by molar-refractivity contribution is 5.80. The lowest BCUT2D eigenvalue weighted by Crippen LogP contribution is -2.41. The van der Waals surface area contributed by atoms with Gasteiger partial charge in [-0.3, -0.25) is 9.59 Å². The highest BCUT2D eigenvalue weighted by Gasteiger charge is 2.25. The van der Waals surface area contributed by atoms with E-state index < -0.39 is 5.97 Å². The van der Waals surface area contributed by atoms with Gasteiger partial charge in [-0.15, -0.1) is 0 Å². The van der Waals surface area contributed by atoms with Gasteiger partial charge in [-0.05, 0) is 67.6 Å². The second kappa shape index (κ2) is 25.6. The molecule has 0 atom stereocenters. The number of piperidine rings is 1. The number of nitrogens with one attached hydrogen (secondary N) is 1. The van der Waals surface area contributed by atoms with E-state index >= 15 is 0 Å². The van der Waals surface area contributed by atoms with Gasteiger partial charge in [0.1, 0.15) is 6.61 Å². The predicted octanol–water partition coefficient (Wildman–Crippen LogP) is 4.49. The van der Waals surface area contributed by atoms with Crippen LogP contribution < -0.4 is 5.48 Å². The van der Waals surface area contributed by atoms with Gasteiger partial charge in [0.05, 0.1) is 65.7 Å². The highest BCUT2D eigenvalue weighted by atomic mass is 16.7. The number of hydrogen-bond donors (Lipinski definition) is 1. The molecule has 11 nitrogen and oxygen atoms in total. The standard InChI is InChI=1S/C38H56N2O9/c1-2-20-44-21-22-45-23-24-46-25-26-47-27-28-48-31-37(42)40-18-16-35(17-19-40)30-38(43)49-39-36(41)29-34-14-12-33(13-15-34)11-7-6-10-32-8-4-3-5-9-32/h3-5,8-9,12-15,35H,2,6-7,10-11,16-31H2,1H3,(H,39,41). The number of carbonyl (C=O) groups is 3. The number of carbonyl (C=O) groups excluding carboxylic acids is 3. The summed E-state index contributed by atoms with van der Waals surface area (Å²) in [6, 6.07) is 18.5. The van der Waals surface area contributed by atoms with Crippen molar-refractivity contribution in [3.05, 3.63) is 71.3 Å². The first kappa shape index (κ1) is 40.1. The topological polar surface area (TPSA) is 122 Å². The Morgan fingerprint density at radius 1 is 0.673 bits per heavy atom. The van der Waals surface area contributed by atoms with Crippen LogP contribution in [0, 0.1) is 5.92 Å². The van der Waals surface area contributed by atoms with Crippen LogP contribution in [0.3, 0.4) is 0 Å². The lowest BCUT2D eigenvalue weighted by molar-refractivity contribution is -0.159. The van der Waals surface area contributed by atoms with Crippen LogP contribution in [-0.4, -0.2) is 102 Å². The minimum atomic E-state index is -0.473. The highest BCUT2D eigenvalue weighted by Crippen LogP contribution is 2.21. The zero-order valence-electron chi connectivity index (χ0n) is 29.2. The molecule has 0 unspecified atom stereocenters. The third kappa shape index (κ3) is 18.8. The maximum Gasteiger partial charge on any atom is 0.332 e. The van der Waals surface area contributed by atoms with Gasteiger partial charge in [-0.2, -0.15) is 5.48 Å². The van der Waals surface area contributed by atoms with Crippen molar-refractivity contribution in [1.82, 2.24) is 10.4 Å². The van der Waals surface area contributed by atoms with Crippen LogP contribution in [0.25, 0.3) is 0 Å². The molecule has 272 valence electrons. The minimum Gasteiger partial charge on any atom is -0.379 e. The maximum atomic E-state index is 12.5. The number of amides is 2. The number of benzene rings is 2. The number of hydrogen-bond acceptors (Lipinski definition) is 9. The van der Waals surface area contributed by atoms with Crippen LogP contribution >= 0.6 is 0 Å². The Morgan fingerprint density at radius 3 is 1.76 bits per heavy atom. The number of rotatable bonds is 25. The van der Waals surface area contributed by atoms with E-state index in [1.54, 1.807) is 4.90 Å². The van der Waals surface area contributed by atoms with Crippen molar-refractivity contribution in [2.24, 2.45) is 5.92 Å². The van der Waals surface area contributed by atoms with Gasteiger partial charge in [0, 0.05) is 19.7 Å². The number of hydroxylamine groups is 1. The third-order valence-corrected chi connectivity index (χ3v) is 8.17.